The summed E-state index contributed by atoms with van der Waals surface area (Å²) in [6.45, 7) is 7.97. The molecule has 3 fully saturated rings. The number of nitrogens with zero attached hydrogens (tertiary/aromatic N) is 1. The fourth-order valence-electron chi connectivity index (χ4n) is 4.94. The van der Waals surface area contributed by atoms with Crippen LogP contribution in [0.25, 0.3) is 0 Å². The second kappa shape index (κ2) is 5.81. The van der Waals surface area contributed by atoms with Gasteiger partial charge in [0.05, 0.1) is 0 Å². The molecule has 2 unspecified atom stereocenters. The Morgan fingerprint density at radius 1 is 1.05 bits per heavy atom. The minimum Gasteiger partial charge on any atom is -0.443 e. The Bertz CT molecular complexity index is 373. The Balaban J connectivity index is 1.68. The topological polar surface area (TPSA) is 29.5 Å². The zero-order valence-electron chi connectivity index (χ0n) is 13.9. The third-order valence-electron chi connectivity index (χ3n) is 6.32. The minimum atomic E-state index is -0.338. The molecule has 3 heteroatoms. The lowest BCUT2D eigenvalue weighted by atomic mass is 9.59. The molecule has 1 heterocycles. The van der Waals surface area contributed by atoms with Gasteiger partial charge in [-0.05, 0) is 56.8 Å². The second-order valence-corrected chi connectivity index (χ2v) is 8.11. The van der Waals surface area contributed by atoms with Gasteiger partial charge in [0.15, 0.2) is 0 Å². The van der Waals surface area contributed by atoms with Crippen LogP contribution in [0.2, 0.25) is 0 Å². The van der Waals surface area contributed by atoms with Gasteiger partial charge >= 0.3 is 6.09 Å². The second-order valence-electron chi connectivity index (χ2n) is 8.11. The number of piperidine rings is 1. The lowest BCUT2D eigenvalue weighted by molar-refractivity contribution is -0.0460. The van der Waals surface area contributed by atoms with Crippen LogP contribution < -0.4 is 0 Å². The maximum absolute atomic E-state index is 12.5. The zero-order chi connectivity index (χ0) is 15.0. The summed E-state index contributed by atoms with van der Waals surface area (Å²) in [7, 11) is 0. The van der Waals surface area contributed by atoms with Gasteiger partial charge in [0.2, 0.25) is 0 Å². The third kappa shape index (κ3) is 3.07. The van der Waals surface area contributed by atoms with Crippen LogP contribution in [0, 0.1) is 23.7 Å². The van der Waals surface area contributed by atoms with E-state index in [1.807, 2.05) is 18.7 Å². The highest BCUT2D eigenvalue weighted by Crippen LogP contribution is 2.49. The average Bonchev–Trinajstić information content (AvgIpc) is 2.47. The third-order valence-corrected chi connectivity index (χ3v) is 6.32. The fraction of sp³-hybridized carbons (Fsp3) is 0.944. The van der Waals surface area contributed by atoms with Crippen molar-refractivity contribution in [3.05, 3.63) is 0 Å². The largest absolute Gasteiger partial charge is 0.443 e. The molecule has 0 spiro atoms. The highest BCUT2D eigenvalue weighted by atomic mass is 16.6. The minimum absolute atomic E-state index is 0.0759. The Hall–Kier alpha value is -0.730. The normalized spacial score (nSPS) is 36.0. The van der Waals surface area contributed by atoms with Crippen molar-refractivity contribution in [2.45, 2.75) is 71.3 Å². The van der Waals surface area contributed by atoms with Gasteiger partial charge in [0.25, 0.3) is 0 Å². The van der Waals surface area contributed by atoms with E-state index in [2.05, 4.69) is 6.92 Å². The molecule has 0 bridgehead atoms. The molecule has 0 aromatic rings. The lowest BCUT2D eigenvalue weighted by Gasteiger charge is -2.52. The molecule has 0 aromatic heterocycles. The van der Waals surface area contributed by atoms with Crippen molar-refractivity contribution in [1.82, 2.24) is 4.90 Å². The predicted molar refractivity (Wildman–Crippen MR) is 84.1 cm³/mol. The van der Waals surface area contributed by atoms with Crippen molar-refractivity contribution in [1.29, 1.82) is 0 Å². The van der Waals surface area contributed by atoms with Gasteiger partial charge in [-0.2, -0.15) is 0 Å². The summed E-state index contributed by atoms with van der Waals surface area (Å²) in [5.41, 5.74) is -0.338. The van der Waals surface area contributed by atoms with E-state index >= 15 is 0 Å². The predicted octanol–water partition coefficient (Wildman–Crippen LogP) is 4.46. The van der Waals surface area contributed by atoms with E-state index in [0.717, 1.165) is 43.2 Å². The first kappa shape index (κ1) is 15.2. The summed E-state index contributed by atoms with van der Waals surface area (Å²) in [6.07, 6.45) is 9.02. The maximum atomic E-state index is 12.5. The first-order chi connectivity index (χ1) is 10.00. The number of likely N-dealkylation sites (tertiary alicyclic amines) is 1. The van der Waals surface area contributed by atoms with Crippen molar-refractivity contribution >= 4 is 6.09 Å². The molecule has 0 radical (unpaired) electrons. The molecule has 2 atom stereocenters. The number of hydrogen-bond acceptors (Lipinski definition) is 2. The van der Waals surface area contributed by atoms with Crippen LogP contribution in [0.5, 0.6) is 0 Å². The van der Waals surface area contributed by atoms with Crippen LogP contribution in [0.3, 0.4) is 0 Å². The van der Waals surface area contributed by atoms with Crippen molar-refractivity contribution in [2.24, 2.45) is 23.7 Å². The van der Waals surface area contributed by atoms with E-state index in [-0.39, 0.29) is 11.7 Å². The number of carbonyl (C=O) groups excluding carboxylic acids is 1. The zero-order valence-corrected chi connectivity index (χ0v) is 13.9. The first-order valence-electron chi connectivity index (χ1n) is 8.98. The van der Waals surface area contributed by atoms with E-state index in [4.69, 9.17) is 4.74 Å². The van der Waals surface area contributed by atoms with Gasteiger partial charge in [-0.3, -0.25) is 0 Å². The van der Waals surface area contributed by atoms with Crippen LogP contribution in [-0.4, -0.2) is 29.7 Å². The molecule has 3 nitrogen and oxygen atoms in total. The van der Waals surface area contributed by atoms with Crippen molar-refractivity contribution in [3.63, 3.8) is 0 Å². The molecule has 1 aliphatic heterocycles. The van der Waals surface area contributed by atoms with E-state index < -0.39 is 0 Å². The number of amides is 1. The molecule has 1 saturated heterocycles. The Labute approximate surface area is 129 Å². The molecule has 0 aromatic carbocycles. The van der Waals surface area contributed by atoms with Crippen molar-refractivity contribution in [3.8, 4) is 0 Å². The molecule has 3 rings (SSSR count). The Kier molecular flexibility index (Phi) is 4.20. The Morgan fingerprint density at radius 2 is 1.57 bits per heavy atom. The molecular weight excluding hydrogens is 262 g/mol. The number of carbonyl (C=O) groups is 1. The summed E-state index contributed by atoms with van der Waals surface area (Å²) < 4.78 is 5.73. The molecule has 1 amide bonds. The molecular formula is C18H31NO2. The Morgan fingerprint density at radius 3 is 2.10 bits per heavy atom. The molecule has 3 aliphatic rings. The summed E-state index contributed by atoms with van der Waals surface area (Å²) in [4.78, 5) is 14.5. The van der Waals surface area contributed by atoms with Gasteiger partial charge in [-0.1, -0.05) is 32.6 Å². The average molecular weight is 293 g/mol. The van der Waals surface area contributed by atoms with E-state index in [9.17, 15) is 4.79 Å². The van der Waals surface area contributed by atoms with Crippen LogP contribution in [0.4, 0.5) is 4.79 Å². The lowest BCUT2D eigenvalue weighted by Crippen LogP contribution is -2.54. The van der Waals surface area contributed by atoms with Crippen molar-refractivity contribution in [2.75, 3.05) is 13.1 Å². The highest BCUT2D eigenvalue weighted by molar-refractivity contribution is 5.68. The fourth-order valence-corrected chi connectivity index (χ4v) is 4.94. The number of hydrogen-bond donors (Lipinski definition) is 0. The SMILES string of the molecule is CCC(C)(C)OC(=O)N1CC2CCCC3CCCC(C1)C32. The van der Waals surface area contributed by atoms with Gasteiger partial charge in [-0.25, -0.2) is 4.79 Å². The standard InChI is InChI=1S/C18H31NO2/c1-4-18(2,3)21-17(20)19-11-14-9-5-7-13-8-6-10-15(12-19)16(13)14/h13-16H,4-12H2,1-3H3. The molecule has 2 aliphatic carbocycles. The molecule has 0 N–H and O–H groups in total. The van der Waals surface area contributed by atoms with E-state index in [1.165, 1.54) is 38.5 Å². The summed E-state index contributed by atoms with van der Waals surface area (Å²) in [5.74, 6) is 3.32. The number of rotatable bonds is 2. The van der Waals surface area contributed by atoms with Gasteiger partial charge in [0, 0.05) is 13.1 Å². The quantitative estimate of drug-likeness (QED) is 0.752. The highest BCUT2D eigenvalue weighted by Gasteiger charge is 2.46. The van der Waals surface area contributed by atoms with Gasteiger partial charge in [0.1, 0.15) is 5.60 Å². The smallest absolute Gasteiger partial charge is 0.410 e. The summed E-state index contributed by atoms with van der Waals surface area (Å²) in [5, 5.41) is 0. The van der Waals surface area contributed by atoms with Gasteiger partial charge in [-0.15, -0.1) is 0 Å². The number of ether oxygens (including phenoxy) is 1. The summed E-state index contributed by atoms with van der Waals surface area (Å²) >= 11 is 0. The van der Waals surface area contributed by atoms with Crippen LogP contribution >= 0.6 is 0 Å². The van der Waals surface area contributed by atoms with E-state index in [0.29, 0.717) is 0 Å². The monoisotopic (exact) mass is 293 g/mol. The van der Waals surface area contributed by atoms with Gasteiger partial charge < -0.3 is 9.64 Å². The van der Waals surface area contributed by atoms with Crippen LogP contribution in [0.15, 0.2) is 0 Å². The summed E-state index contributed by atoms with van der Waals surface area (Å²) in [6, 6.07) is 0. The van der Waals surface area contributed by atoms with Crippen LogP contribution in [-0.2, 0) is 4.74 Å². The van der Waals surface area contributed by atoms with E-state index in [1.54, 1.807) is 0 Å². The molecule has 120 valence electrons. The molecule has 21 heavy (non-hydrogen) atoms. The van der Waals surface area contributed by atoms with Crippen LogP contribution in [0.1, 0.15) is 65.7 Å². The molecule has 2 saturated carbocycles. The first-order valence-corrected chi connectivity index (χ1v) is 8.98. The maximum Gasteiger partial charge on any atom is 0.410 e. The van der Waals surface area contributed by atoms with Crippen molar-refractivity contribution < 1.29 is 9.53 Å².